The van der Waals surface area contributed by atoms with Gasteiger partial charge < -0.3 is 10.3 Å². The highest BCUT2D eigenvalue weighted by Crippen LogP contribution is 2.28. The van der Waals surface area contributed by atoms with Gasteiger partial charge in [-0.25, -0.2) is 4.98 Å². The molecule has 5 nitrogen and oxygen atoms in total. The molecule has 2 N–H and O–H groups in total. The quantitative estimate of drug-likeness (QED) is 0.732. The molecule has 0 unspecified atom stereocenters. The van der Waals surface area contributed by atoms with Crippen molar-refractivity contribution >= 4 is 33.0 Å². The molecule has 0 amide bonds. The number of halogens is 1. The number of nitrogens with two attached hydrogens (primary N) is 1. The van der Waals surface area contributed by atoms with Crippen molar-refractivity contribution in [2.24, 2.45) is 0 Å². The summed E-state index contributed by atoms with van der Waals surface area (Å²) in [5.74, 6) is 1.03. The fourth-order valence-corrected chi connectivity index (χ4v) is 2.90. The van der Waals surface area contributed by atoms with Crippen LogP contribution in [0, 0.1) is 6.92 Å². The van der Waals surface area contributed by atoms with Crippen LogP contribution in [-0.2, 0) is 6.42 Å². The van der Waals surface area contributed by atoms with Crippen molar-refractivity contribution in [1.82, 2.24) is 15.1 Å². The highest BCUT2D eigenvalue weighted by molar-refractivity contribution is 9.10. The average molecular weight is 351 g/mol. The molecule has 2 heterocycles. The molecule has 0 aliphatic rings. The molecular formula is C13H11BrN4OS. The number of aryl methyl sites for hydroxylation is 1. The summed E-state index contributed by atoms with van der Waals surface area (Å²) < 4.78 is 6.19. The Morgan fingerprint density at radius 1 is 1.35 bits per heavy atom. The predicted octanol–water partition coefficient (Wildman–Crippen LogP) is 3.44. The van der Waals surface area contributed by atoms with E-state index in [0.717, 1.165) is 20.7 Å². The first kappa shape index (κ1) is 13.3. The van der Waals surface area contributed by atoms with Crippen molar-refractivity contribution in [3.05, 3.63) is 44.6 Å². The Kier molecular flexibility index (Phi) is 3.54. The van der Waals surface area contributed by atoms with Gasteiger partial charge >= 0.3 is 0 Å². The molecule has 102 valence electrons. The Labute approximate surface area is 128 Å². The molecule has 7 heteroatoms. The fraction of sp³-hybridized carbons (Fsp3) is 0.154. The second kappa shape index (κ2) is 5.34. The predicted molar refractivity (Wildman–Crippen MR) is 81.5 cm³/mol. The van der Waals surface area contributed by atoms with Gasteiger partial charge in [0.1, 0.15) is 5.01 Å². The van der Waals surface area contributed by atoms with Crippen LogP contribution >= 0.6 is 27.3 Å². The number of aromatic nitrogens is 3. The SMILES string of the molecule is Cc1csc(Cc2noc(-c3cc(Br)ccc3N)n2)n1. The summed E-state index contributed by atoms with van der Waals surface area (Å²) in [7, 11) is 0. The number of hydrogen-bond acceptors (Lipinski definition) is 6. The van der Waals surface area contributed by atoms with E-state index in [1.807, 2.05) is 24.4 Å². The average Bonchev–Trinajstić information content (AvgIpc) is 3.02. The number of thiazole rings is 1. The van der Waals surface area contributed by atoms with Crippen LogP contribution in [0.25, 0.3) is 11.5 Å². The smallest absolute Gasteiger partial charge is 0.260 e. The van der Waals surface area contributed by atoms with Crippen LogP contribution in [0.3, 0.4) is 0 Å². The molecule has 0 saturated heterocycles. The molecule has 2 aromatic heterocycles. The van der Waals surface area contributed by atoms with E-state index in [2.05, 4.69) is 31.1 Å². The van der Waals surface area contributed by atoms with Crippen LogP contribution in [-0.4, -0.2) is 15.1 Å². The van der Waals surface area contributed by atoms with Gasteiger partial charge in [0.05, 0.1) is 12.0 Å². The van der Waals surface area contributed by atoms with Crippen molar-refractivity contribution in [3.8, 4) is 11.5 Å². The summed E-state index contributed by atoms with van der Waals surface area (Å²) >= 11 is 4.99. The van der Waals surface area contributed by atoms with Crippen molar-refractivity contribution in [1.29, 1.82) is 0 Å². The lowest BCUT2D eigenvalue weighted by Crippen LogP contribution is -1.92. The molecule has 3 aromatic rings. The number of nitrogen functional groups attached to an aromatic ring is 1. The number of rotatable bonds is 3. The lowest BCUT2D eigenvalue weighted by Gasteiger charge is -2.00. The first-order valence-electron chi connectivity index (χ1n) is 5.91. The maximum absolute atomic E-state index is 5.93. The minimum Gasteiger partial charge on any atom is -0.398 e. The Hall–Kier alpha value is -1.73. The molecule has 0 spiro atoms. The lowest BCUT2D eigenvalue weighted by atomic mass is 10.2. The zero-order chi connectivity index (χ0) is 14.1. The molecule has 0 aliphatic heterocycles. The summed E-state index contributed by atoms with van der Waals surface area (Å²) in [6.45, 7) is 1.96. The molecule has 3 rings (SSSR count). The third kappa shape index (κ3) is 2.73. The monoisotopic (exact) mass is 350 g/mol. The summed E-state index contributed by atoms with van der Waals surface area (Å²) in [5.41, 5.74) is 8.27. The van der Waals surface area contributed by atoms with E-state index in [1.54, 1.807) is 17.4 Å². The van der Waals surface area contributed by atoms with Gasteiger partial charge in [-0.2, -0.15) is 4.98 Å². The van der Waals surface area contributed by atoms with Gasteiger partial charge in [-0.05, 0) is 25.1 Å². The van der Waals surface area contributed by atoms with E-state index >= 15 is 0 Å². The molecule has 0 bridgehead atoms. The summed E-state index contributed by atoms with van der Waals surface area (Å²) in [5, 5.41) is 6.95. The molecule has 0 aliphatic carbocycles. The van der Waals surface area contributed by atoms with Gasteiger partial charge in [0.2, 0.25) is 0 Å². The van der Waals surface area contributed by atoms with Crippen molar-refractivity contribution in [2.45, 2.75) is 13.3 Å². The van der Waals surface area contributed by atoms with Crippen LogP contribution in [0.4, 0.5) is 5.69 Å². The first-order chi connectivity index (χ1) is 9.61. The van der Waals surface area contributed by atoms with E-state index in [-0.39, 0.29) is 0 Å². The minimum atomic E-state index is 0.423. The molecule has 0 atom stereocenters. The lowest BCUT2D eigenvalue weighted by molar-refractivity contribution is 0.424. The zero-order valence-electron chi connectivity index (χ0n) is 10.6. The molecule has 0 saturated carbocycles. The Bertz CT molecular complexity index is 752. The van der Waals surface area contributed by atoms with Gasteiger partial charge in [-0.15, -0.1) is 11.3 Å². The second-order valence-electron chi connectivity index (χ2n) is 4.31. The largest absolute Gasteiger partial charge is 0.398 e. The Balaban J connectivity index is 1.88. The third-order valence-corrected chi connectivity index (χ3v) is 4.15. The van der Waals surface area contributed by atoms with Crippen molar-refractivity contribution in [2.75, 3.05) is 5.73 Å². The molecule has 0 fully saturated rings. The van der Waals surface area contributed by atoms with Crippen LogP contribution < -0.4 is 5.73 Å². The van der Waals surface area contributed by atoms with E-state index in [4.69, 9.17) is 10.3 Å². The highest BCUT2D eigenvalue weighted by atomic mass is 79.9. The first-order valence-corrected chi connectivity index (χ1v) is 7.58. The molecule has 1 aromatic carbocycles. The minimum absolute atomic E-state index is 0.423. The van der Waals surface area contributed by atoms with E-state index in [1.165, 1.54) is 0 Å². The van der Waals surface area contributed by atoms with Crippen LogP contribution in [0.5, 0.6) is 0 Å². The van der Waals surface area contributed by atoms with Gasteiger partial charge in [-0.3, -0.25) is 0 Å². The van der Waals surface area contributed by atoms with E-state index in [9.17, 15) is 0 Å². The number of anilines is 1. The van der Waals surface area contributed by atoms with E-state index < -0.39 is 0 Å². The summed E-state index contributed by atoms with van der Waals surface area (Å²) in [6.07, 6.45) is 0.565. The number of nitrogens with zero attached hydrogens (tertiary/aromatic N) is 3. The van der Waals surface area contributed by atoms with Gasteiger partial charge in [0.15, 0.2) is 5.82 Å². The van der Waals surface area contributed by atoms with Gasteiger partial charge in [-0.1, -0.05) is 21.1 Å². The van der Waals surface area contributed by atoms with Crippen molar-refractivity contribution < 1.29 is 4.52 Å². The standard InChI is InChI=1S/C13H11BrN4OS/c1-7-6-20-12(16-7)5-11-17-13(19-18-11)9-4-8(14)2-3-10(9)15/h2-4,6H,5,15H2,1H3. The van der Waals surface area contributed by atoms with E-state index in [0.29, 0.717) is 23.8 Å². The zero-order valence-corrected chi connectivity index (χ0v) is 13.0. The normalized spacial score (nSPS) is 10.9. The van der Waals surface area contributed by atoms with Gasteiger partial charge in [0, 0.05) is 21.2 Å². The maximum Gasteiger partial charge on any atom is 0.260 e. The Morgan fingerprint density at radius 2 is 2.20 bits per heavy atom. The summed E-state index contributed by atoms with van der Waals surface area (Å²) in [6, 6.07) is 5.53. The number of hydrogen-bond donors (Lipinski definition) is 1. The Morgan fingerprint density at radius 3 is 2.95 bits per heavy atom. The maximum atomic E-state index is 5.93. The topological polar surface area (TPSA) is 77.8 Å². The molecular weight excluding hydrogens is 340 g/mol. The summed E-state index contributed by atoms with van der Waals surface area (Å²) in [4.78, 5) is 8.76. The number of benzene rings is 1. The van der Waals surface area contributed by atoms with Crippen LogP contribution in [0.15, 0.2) is 32.6 Å². The van der Waals surface area contributed by atoms with Crippen molar-refractivity contribution in [3.63, 3.8) is 0 Å². The molecule has 20 heavy (non-hydrogen) atoms. The van der Waals surface area contributed by atoms with Gasteiger partial charge in [0.25, 0.3) is 5.89 Å². The van der Waals surface area contributed by atoms with Crippen LogP contribution in [0.1, 0.15) is 16.5 Å². The molecule has 0 radical (unpaired) electrons. The van der Waals surface area contributed by atoms with Crippen LogP contribution in [0.2, 0.25) is 0 Å². The second-order valence-corrected chi connectivity index (χ2v) is 6.17. The highest BCUT2D eigenvalue weighted by Gasteiger charge is 2.13. The fourth-order valence-electron chi connectivity index (χ4n) is 1.77. The third-order valence-electron chi connectivity index (χ3n) is 2.69.